The standard InChI is InChI=1S/C21H22N2O4/c1-26-21(25)19-10-13(11-23(19)22)20(24)27-12-18-16-8-4-2-6-14(16)15-7-3-5-9-17(15)18/h2-9,13,18-19H,10-12,22H2,1H3/t13-,19-/m0/s1. The molecule has 4 rings (SSSR count). The Balaban J connectivity index is 1.46. The van der Waals surface area contributed by atoms with E-state index in [-0.39, 0.29) is 25.0 Å². The lowest BCUT2D eigenvalue weighted by atomic mass is 9.98. The molecule has 140 valence electrons. The molecule has 0 saturated carbocycles. The topological polar surface area (TPSA) is 81.9 Å². The van der Waals surface area contributed by atoms with Gasteiger partial charge in [-0.3, -0.25) is 15.4 Å². The molecule has 2 atom stereocenters. The number of carbonyl (C=O) groups excluding carboxylic acids is 2. The van der Waals surface area contributed by atoms with Gasteiger partial charge in [-0.15, -0.1) is 0 Å². The third kappa shape index (κ3) is 3.11. The molecule has 0 aromatic heterocycles. The summed E-state index contributed by atoms with van der Waals surface area (Å²) in [5, 5.41) is 1.36. The molecule has 1 heterocycles. The number of hydrogen-bond acceptors (Lipinski definition) is 6. The zero-order valence-electron chi connectivity index (χ0n) is 15.1. The van der Waals surface area contributed by atoms with Crippen LogP contribution in [0.3, 0.4) is 0 Å². The van der Waals surface area contributed by atoms with E-state index in [9.17, 15) is 9.59 Å². The maximum Gasteiger partial charge on any atom is 0.324 e. The molecule has 2 aromatic carbocycles. The lowest BCUT2D eigenvalue weighted by molar-refractivity contribution is -0.148. The average molecular weight is 366 g/mol. The van der Waals surface area contributed by atoms with Crippen LogP contribution >= 0.6 is 0 Å². The lowest BCUT2D eigenvalue weighted by Gasteiger charge is -2.16. The van der Waals surface area contributed by atoms with Gasteiger partial charge in [0.15, 0.2) is 0 Å². The van der Waals surface area contributed by atoms with Crippen molar-refractivity contribution in [1.82, 2.24) is 5.01 Å². The van der Waals surface area contributed by atoms with Gasteiger partial charge in [-0.2, -0.15) is 0 Å². The van der Waals surface area contributed by atoms with Crippen molar-refractivity contribution >= 4 is 11.9 Å². The van der Waals surface area contributed by atoms with Crippen LogP contribution in [-0.4, -0.2) is 43.3 Å². The zero-order valence-corrected chi connectivity index (χ0v) is 15.1. The predicted octanol–water partition coefficient (Wildman–Crippen LogP) is 2.08. The molecule has 6 heteroatoms. The highest BCUT2D eigenvalue weighted by Crippen LogP contribution is 2.44. The molecule has 1 fully saturated rings. The van der Waals surface area contributed by atoms with Crippen molar-refractivity contribution in [1.29, 1.82) is 0 Å². The fourth-order valence-electron chi connectivity index (χ4n) is 4.12. The predicted molar refractivity (Wildman–Crippen MR) is 99.5 cm³/mol. The summed E-state index contributed by atoms with van der Waals surface area (Å²) in [6.45, 7) is 0.563. The van der Waals surface area contributed by atoms with Crippen LogP contribution in [0.15, 0.2) is 48.5 Å². The molecule has 0 radical (unpaired) electrons. The number of hydrazine groups is 1. The maximum absolute atomic E-state index is 12.6. The van der Waals surface area contributed by atoms with Gasteiger partial charge in [0.1, 0.15) is 12.6 Å². The largest absolute Gasteiger partial charge is 0.468 e. The van der Waals surface area contributed by atoms with Crippen LogP contribution in [0.4, 0.5) is 0 Å². The normalized spacial score (nSPS) is 21.6. The van der Waals surface area contributed by atoms with Gasteiger partial charge in [-0.25, -0.2) is 5.01 Å². The van der Waals surface area contributed by atoms with Crippen molar-refractivity contribution in [3.05, 3.63) is 59.7 Å². The van der Waals surface area contributed by atoms with Crippen LogP contribution in [0.5, 0.6) is 0 Å². The van der Waals surface area contributed by atoms with Crippen LogP contribution < -0.4 is 5.84 Å². The number of nitrogens with zero attached hydrogens (tertiary/aromatic N) is 1. The molecule has 2 aliphatic rings. The molecule has 1 saturated heterocycles. The Bertz CT molecular complexity index is 836. The minimum atomic E-state index is -0.597. The Hall–Kier alpha value is -2.70. The number of methoxy groups -OCH3 is 1. The van der Waals surface area contributed by atoms with E-state index in [1.807, 2.05) is 24.3 Å². The minimum absolute atomic E-state index is 0.0214. The maximum atomic E-state index is 12.6. The highest BCUT2D eigenvalue weighted by Gasteiger charge is 2.40. The summed E-state index contributed by atoms with van der Waals surface area (Å²) in [7, 11) is 1.32. The van der Waals surface area contributed by atoms with Gasteiger partial charge >= 0.3 is 11.9 Å². The summed E-state index contributed by atoms with van der Waals surface area (Å²) in [6, 6.07) is 15.8. The molecular formula is C21H22N2O4. The van der Waals surface area contributed by atoms with Gasteiger partial charge in [0.25, 0.3) is 0 Å². The zero-order chi connectivity index (χ0) is 19.0. The SMILES string of the molecule is COC(=O)[C@@H]1C[C@H](C(=O)OCC2c3ccccc3-c3ccccc32)CN1N. The van der Waals surface area contributed by atoms with Crippen molar-refractivity contribution in [3.8, 4) is 11.1 Å². The summed E-state index contributed by atoms with van der Waals surface area (Å²) < 4.78 is 10.4. The van der Waals surface area contributed by atoms with E-state index in [4.69, 9.17) is 15.3 Å². The summed E-state index contributed by atoms with van der Waals surface area (Å²) in [5.74, 6) is 4.70. The van der Waals surface area contributed by atoms with Crippen molar-refractivity contribution in [2.45, 2.75) is 18.4 Å². The molecule has 0 unspecified atom stereocenters. The van der Waals surface area contributed by atoms with Crippen LogP contribution in [0.25, 0.3) is 11.1 Å². The fraction of sp³-hybridized carbons (Fsp3) is 0.333. The summed E-state index contributed by atoms with van der Waals surface area (Å²) in [5.41, 5.74) is 4.72. The first kappa shape index (κ1) is 17.7. The van der Waals surface area contributed by atoms with E-state index < -0.39 is 17.9 Å². The molecule has 1 aliphatic heterocycles. The van der Waals surface area contributed by atoms with E-state index in [1.54, 1.807) is 0 Å². The second kappa shape index (κ2) is 7.13. The molecule has 27 heavy (non-hydrogen) atoms. The average Bonchev–Trinajstić information content (AvgIpc) is 3.24. The Morgan fingerprint density at radius 1 is 1.04 bits per heavy atom. The summed E-state index contributed by atoms with van der Waals surface area (Å²) in [4.78, 5) is 24.3. The highest BCUT2D eigenvalue weighted by atomic mass is 16.5. The second-order valence-corrected chi connectivity index (χ2v) is 7.03. The molecule has 0 spiro atoms. The second-order valence-electron chi connectivity index (χ2n) is 7.03. The number of ether oxygens (including phenoxy) is 2. The molecular weight excluding hydrogens is 344 g/mol. The van der Waals surface area contributed by atoms with Crippen molar-refractivity contribution < 1.29 is 19.1 Å². The number of hydrogen-bond donors (Lipinski definition) is 1. The molecule has 0 bridgehead atoms. The van der Waals surface area contributed by atoms with Crippen LogP contribution in [0.2, 0.25) is 0 Å². The Morgan fingerprint density at radius 3 is 2.22 bits per heavy atom. The van der Waals surface area contributed by atoms with Gasteiger partial charge in [-0.05, 0) is 28.7 Å². The fourth-order valence-corrected chi connectivity index (χ4v) is 4.12. The Kier molecular flexibility index (Phi) is 4.68. The summed E-state index contributed by atoms with van der Waals surface area (Å²) in [6.07, 6.45) is 0.319. The number of carbonyl (C=O) groups is 2. The first-order valence-electron chi connectivity index (χ1n) is 9.04. The van der Waals surface area contributed by atoms with Gasteiger partial charge < -0.3 is 9.47 Å². The molecule has 0 amide bonds. The van der Waals surface area contributed by atoms with Gasteiger partial charge in [0.2, 0.25) is 0 Å². The minimum Gasteiger partial charge on any atom is -0.468 e. The quantitative estimate of drug-likeness (QED) is 0.659. The molecule has 2 aromatic rings. The number of esters is 2. The van der Waals surface area contributed by atoms with Crippen molar-refractivity contribution in [2.75, 3.05) is 20.3 Å². The van der Waals surface area contributed by atoms with E-state index in [1.165, 1.54) is 34.4 Å². The summed E-state index contributed by atoms with van der Waals surface area (Å²) >= 11 is 0. The number of fused-ring (bicyclic) bond motifs is 3. The Labute approximate surface area is 157 Å². The number of benzene rings is 2. The van der Waals surface area contributed by atoms with E-state index in [2.05, 4.69) is 24.3 Å². The monoisotopic (exact) mass is 366 g/mol. The number of rotatable bonds is 4. The molecule has 1 aliphatic carbocycles. The van der Waals surface area contributed by atoms with Gasteiger partial charge in [0, 0.05) is 12.5 Å². The van der Waals surface area contributed by atoms with Gasteiger partial charge in [0.05, 0.1) is 13.0 Å². The third-order valence-electron chi connectivity index (χ3n) is 5.50. The third-order valence-corrected chi connectivity index (χ3v) is 5.50. The molecule has 6 nitrogen and oxygen atoms in total. The van der Waals surface area contributed by atoms with E-state index in [0.717, 1.165) is 0 Å². The molecule has 2 N–H and O–H groups in total. The van der Waals surface area contributed by atoms with Crippen molar-refractivity contribution in [3.63, 3.8) is 0 Å². The van der Waals surface area contributed by atoms with Gasteiger partial charge in [-0.1, -0.05) is 48.5 Å². The first-order chi connectivity index (χ1) is 13.1. The van der Waals surface area contributed by atoms with Crippen LogP contribution in [-0.2, 0) is 19.1 Å². The smallest absolute Gasteiger partial charge is 0.324 e. The van der Waals surface area contributed by atoms with Crippen molar-refractivity contribution in [2.24, 2.45) is 11.8 Å². The van der Waals surface area contributed by atoms with Crippen LogP contribution in [0.1, 0.15) is 23.5 Å². The van der Waals surface area contributed by atoms with Crippen LogP contribution in [0, 0.1) is 5.92 Å². The lowest BCUT2D eigenvalue weighted by Crippen LogP contribution is -2.41. The number of nitrogens with two attached hydrogens (primary N) is 1. The van der Waals surface area contributed by atoms with E-state index in [0.29, 0.717) is 6.42 Å². The Morgan fingerprint density at radius 2 is 1.63 bits per heavy atom. The first-order valence-corrected chi connectivity index (χ1v) is 9.04. The highest BCUT2D eigenvalue weighted by molar-refractivity contribution is 5.81. The van der Waals surface area contributed by atoms with E-state index >= 15 is 0 Å².